The molecule has 0 aliphatic rings. The van der Waals surface area contributed by atoms with Crippen molar-refractivity contribution in [2.45, 2.75) is 31.2 Å². The first kappa shape index (κ1) is 20.6. The van der Waals surface area contributed by atoms with E-state index in [0.29, 0.717) is 11.1 Å². The number of sulfonamides is 1. The zero-order valence-electron chi connectivity index (χ0n) is 15.3. The van der Waals surface area contributed by atoms with Gasteiger partial charge in [0.25, 0.3) is 5.91 Å². The van der Waals surface area contributed by atoms with E-state index in [1.54, 1.807) is 38.1 Å². The quantitative estimate of drug-likeness (QED) is 0.779. The summed E-state index contributed by atoms with van der Waals surface area (Å²) in [7, 11) is -2.63. The molecule has 27 heavy (non-hydrogen) atoms. The molecule has 1 atom stereocenters. The molecule has 0 heterocycles. The first-order valence-electron chi connectivity index (χ1n) is 8.20. The van der Waals surface area contributed by atoms with Crippen molar-refractivity contribution >= 4 is 21.9 Å². The second-order valence-electron chi connectivity index (χ2n) is 6.42. The average molecular weight is 390 g/mol. The van der Waals surface area contributed by atoms with Crippen LogP contribution in [0, 0.1) is 13.8 Å². The van der Waals surface area contributed by atoms with Gasteiger partial charge < -0.3 is 10.0 Å². The molecule has 1 amide bonds. The summed E-state index contributed by atoms with van der Waals surface area (Å²) in [6.45, 7) is 3.27. The van der Waals surface area contributed by atoms with E-state index in [1.165, 1.54) is 19.2 Å². The molecular weight excluding hydrogens is 368 g/mol. The largest absolute Gasteiger partial charge is 0.480 e. The molecule has 0 saturated heterocycles. The molecule has 0 spiro atoms. The fraction of sp³-hybridized carbons (Fsp3) is 0.263. The van der Waals surface area contributed by atoms with Gasteiger partial charge in [0, 0.05) is 19.0 Å². The number of carboxylic acids is 1. The van der Waals surface area contributed by atoms with Crippen LogP contribution < -0.4 is 5.14 Å². The third-order valence-electron chi connectivity index (χ3n) is 4.52. The lowest BCUT2D eigenvalue weighted by molar-refractivity contribution is -0.141. The van der Waals surface area contributed by atoms with Gasteiger partial charge in [-0.1, -0.05) is 30.3 Å². The summed E-state index contributed by atoms with van der Waals surface area (Å²) >= 11 is 0. The van der Waals surface area contributed by atoms with E-state index >= 15 is 0 Å². The van der Waals surface area contributed by atoms with Crippen LogP contribution in [0.5, 0.6) is 0 Å². The van der Waals surface area contributed by atoms with Gasteiger partial charge in [-0.3, -0.25) is 4.79 Å². The zero-order valence-corrected chi connectivity index (χ0v) is 16.2. The molecular formula is C19H22N2O5S. The van der Waals surface area contributed by atoms with Crippen molar-refractivity contribution in [3.63, 3.8) is 0 Å². The van der Waals surface area contributed by atoms with Crippen LogP contribution in [0.25, 0.3) is 0 Å². The Morgan fingerprint density at radius 1 is 1.15 bits per heavy atom. The van der Waals surface area contributed by atoms with Gasteiger partial charge in [-0.15, -0.1) is 0 Å². The van der Waals surface area contributed by atoms with Crippen LogP contribution in [0.2, 0.25) is 0 Å². The van der Waals surface area contributed by atoms with E-state index in [0.717, 1.165) is 10.5 Å². The summed E-state index contributed by atoms with van der Waals surface area (Å²) in [5, 5.41) is 14.8. The molecule has 0 radical (unpaired) electrons. The number of amides is 1. The maximum absolute atomic E-state index is 12.9. The van der Waals surface area contributed by atoms with Crippen LogP contribution in [0.1, 0.15) is 27.0 Å². The smallest absolute Gasteiger partial charge is 0.326 e. The number of likely N-dealkylation sites (N-methyl/N-ethyl adjacent to an activating group) is 1. The van der Waals surface area contributed by atoms with Crippen molar-refractivity contribution in [3.05, 3.63) is 64.7 Å². The molecule has 0 bridgehead atoms. The Hall–Kier alpha value is -2.71. The number of hydrogen-bond acceptors (Lipinski definition) is 4. The lowest BCUT2D eigenvalue weighted by Crippen LogP contribution is -2.44. The molecule has 0 saturated carbocycles. The molecule has 1 unspecified atom stereocenters. The van der Waals surface area contributed by atoms with Gasteiger partial charge in [0.2, 0.25) is 10.0 Å². The number of primary sulfonamides is 1. The van der Waals surface area contributed by atoms with Crippen molar-refractivity contribution in [1.82, 2.24) is 4.90 Å². The Bertz CT molecular complexity index is 971. The summed E-state index contributed by atoms with van der Waals surface area (Å²) in [6, 6.07) is 10.6. The van der Waals surface area contributed by atoms with Crippen LogP contribution in [-0.2, 0) is 21.2 Å². The number of carbonyl (C=O) groups is 2. The van der Waals surface area contributed by atoms with Gasteiger partial charge in [-0.05, 0) is 42.7 Å². The number of carboxylic acid groups (broad SMARTS) is 1. The standard InChI is InChI=1S/C19H22N2O5S/c1-12-9-15(11-17(13(12)2)27(20,25)26)18(22)21(3)16(19(23)24)10-14-7-5-4-6-8-14/h4-9,11,16H,10H2,1-3H3,(H,23,24)(H2,20,25,26). The van der Waals surface area contributed by atoms with Gasteiger partial charge in [0.1, 0.15) is 6.04 Å². The van der Waals surface area contributed by atoms with Gasteiger partial charge in [0.05, 0.1) is 4.90 Å². The second kappa shape index (κ2) is 7.89. The fourth-order valence-electron chi connectivity index (χ4n) is 2.82. The van der Waals surface area contributed by atoms with Gasteiger partial charge in [-0.2, -0.15) is 0 Å². The normalized spacial score (nSPS) is 12.4. The second-order valence-corrected chi connectivity index (χ2v) is 7.95. The van der Waals surface area contributed by atoms with E-state index in [9.17, 15) is 23.1 Å². The third-order valence-corrected chi connectivity index (χ3v) is 5.56. The number of benzene rings is 2. The minimum atomic E-state index is -4.01. The summed E-state index contributed by atoms with van der Waals surface area (Å²) in [5.74, 6) is -1.74. The van der Waals surface area contributed by atoms with E-state index in [4.69, 9.17) is 5.14 Å². The van der Waals surface area contributed by atoms with Crippen molar-refractivity contribution in [2.24, 2.45) is 5.14 Å². The lowest BCUT2D eigenvalue weighted by Gasteiger charge is -2.25. The number of nitrogens with two attached hydrogens (primary N) is 1. The minimum Gasteiger partial charge on any atom is -0.480 e. The highest BCUT2D eigenvalue weighted by molar-refractivity contribution is 7.89. The Kier molecular flexibility index (Phi) is 6.02. The number of nitrogens with zero attached hydrogens (tertiary/aromatic N) is 1. The highest BCUT2D eigenvalue weighted by atomic mass is 32.2. The Morgan fingerprint density at radius 3 is 2.26 bits per heavy atom. The van der Waals surface area contributed by atoms with Crippen LogP contribution in [0.4, 0.5) is 0 Å². The molecule has 2 rings (SSSR count). The predicted octanol–water partition coefficient (Wildman–Crippen LogP) is 1.72. The molecule has 144 valence electrons. The molecule has 0 aromatic heterocycles. The number of rotatable bonds is 6. The Balaban J connectivity index is 2.40. The van der Waals surface area contributed by atoms with Crippen molar-refractivity contribution in [2.75, 3.05) is 7.05 Å². The highest BCUT2D eigenvalue weighted by Gasteiger charge is 2.28. The van der Waals surface area contributed by atoms with E-state index in [-0.39, 0.29) is 16.9 Å². The first-order chi connectivity index (χ1) is 12.5. The topological polar surface area (TPSA) is 118 Å². The predicted molar refractivity (Wildman–Crippen MR) is 101 cm³/mol. The molecule has 0 aliphatic carbocycles. The van der Waals surface area contributed by atoms with Gasteiger partial charge >= 0.3 is 5.97 Å². The maximum Gasteiger partial charge on any atom is 0.326 e. The van der Waals surface area contributed by atoms with Crippen molar-refractivity contribution in [1.29, 1.82) is 0 Å². The summed E-state index contributed by atoms with van der Waals surface area (Å²) in [6.07, 6.45) is 0.130. The van der Waals surface area contributed by atoms with Crippen LogP contribution in [0.15, 0.2) is 47.4 Å². The van der Waals surface area contributed by atoms with Gasteiger partial charge in [-0.25, -0.2) is 18.4 Å². The Morgan fingerprint density at radius 2 is 1.74 bits per heavy atom. The number of carbonyl (C=O) groups excluding carboxylic acids is 1. The van der Waals surface area contributed by atoms with E-state index < -0.39 is 27.9 Å². The zero-order chi connectivity index (χ0) is 20.4. The van der Waals surface area contributed by atoms with E-state index in [2.05, 4.69) is 0 Å². The highest BCUT2D eigenvalue weighted by Crippen LogP contribution is 2.22. The monoisotopic (exact) mass is 390 g/mol. The fourth-order valence-corrected chi connectivity index (χ4v) is 3.70. The lowest BCUT2D eigenvalue weighted by atomic mass is 10.0. The summed E-state index contributed by atoms with van der Waals surface area (Å²) < 4.78 is 23.6. The first-order valence-corrected chi connectivity index (χ1v) is 9.75. The number of aryl methyl sites for hydroxylation is 1. The third kappa shape index (κ3) is 4.72. The number of aliphatic carboxylic acids is 1. The maximum atomic E-state index is 12.9. The molecule has 2 aromatic rings. The summed E-state index contributed by atoms with van der Waals surface area (Å²) in [5.41, 5.74) is 1.88. The molecule has 0 aliphatic heterocycles. The van der Waals surface area contributed by atoms with Crippen LogP contribution in [0.3, 0.4) is 0 Å². The van der Waals surface area contributed by atoms with Crippen molar-refractivity contribution < 1.29 is 23.1 Å². The van der Waals surface area contributed by atoms with Crippen LogP contribution >= 0.6 is 0 Å². The van der Waals surface area contributed by atoms with Crippen molar-refractivity contribution in [3.8, 4) is 0 Å². The van der Waals surface area contributed by atoms with Crippen LogP contribution in [-0.4, -0.2) is 43.4 Å². The average Bonchev–Trinajstić information content (AvgIpc) is 2.60. The SMILES string of the molecule is Cc1cc(C(=O)N(C)C(Cc2ccccc2)C(=O)O)cc(S(N)(=O)=O)c1C. The summed E-state index contributed by atoms with van der Waals surface area (Å²) in [4.78, 5) is 25.5. The molecule has 3 N–H and O–H groups in total. The molecule has 8 heteroatoms. The Labute approximate surface area is 158 Å². The minimum absolute atomic E-state index is 0.0731. The molecule has 7 nitrogen and oxygen atoms in total. The van der Waals surface area contributed by atoms with Gasteiger partial charge in [0.15, 0.2) is 0 Å². The molecule has 2 aromatic carbocycles. The number of hydrogen-bond donors (Lipinski definition) is 2. The van der Waals surface area contributed by atoms with E-state index in [1.807, 2.05) is 6.07 Å². The molecule has 0 fully saturated rings.